The molecule has 0 spiro atoms. The third-order valence-electron chi connectivity index (χ3n) is 5.69. The van der Waals surface area contributed by atoms with Gasteiger partial charge in [0, 0.05) is 33.1 Å². The maximum absolute atomic E-state index is 12.9. The molecule has 4 aromatic carbocycles. The van der Waals surface area contributed by atoms with Gasteiger partial charge < -0.3 is 9.88 Å². The van der Waals surface area contributed by atoms with E-state index in [1.165, 1.54) is 4.70 Å². The van der Waals surface area contributed by atoms with E-state index in [9.17, 15) is 4.79 Å². The van der Waals surface area contributed by atoms with Crippen LogP contribution in [0.15, 0.2) is 97.1 Å². The van der Waals surface area contributed by atoms with Gasteiger partial charge in [0.1, 0.15) is 11.6 Å². The van der Waals surface area contributed by atoms with Crippen LogP contribution in [0.2, 0.25) is 0 Å². The lowest BCUT2D eigenvalue weighted by Crippen LogP contribution is -2.18. The third-order valence-corrected chi connectivity index (χ3v) is 6.78. The van der Waals surface area contributed by atoms with E-state index in [-0.39, 0.29) is 12.5 Å². The van der Waals surface area contributed by atoms with Gasteiger partial charge in [0.25, 0.3) is 0 Å². The van der Waals surface area contributed by atoms with Gasteiger partial charge in [0.05, 0.1) is 10.2 Å². The fourth-order valence-electron chi connectivity index (χ4n) is 4.21. The third kappa shape index (κ3) is 3.24. The van der Waals surface area contributed by atoms with Crippen molar-refractivity contribution in [2.75, 3.05) is 5.32 Å². The number of thiazole rings is 1. The van der Waals surface area contributed by atoms with Crippen molar-refractivity contribution in [3.8, 4) is 10.6 Å². The highest BCUT2D eigenvalue weighted by Gasteiger charge is 2.13. The van der Waals surface area contributed by atoms with Gasteiger partial charge in [0.15, 0.2) is 0 Å². The van der Waals surface area contributed by atoms with Crippen molar-refractivity contribution in [1.82, 2.24) is 9.55 Å². The van der Waals surface area contributed by atoms with Crippen LogP contribution in [0.5, 0.6) is 0 Å². The number of para-hydroxylation sites is 3. The maximum atomic E-state index is 12.9. The van der Waals surface area contributed by atoms with Crippen molar-refractivity contribution in [3.63, 3.8) is 0 Å². The second-order valence-electron chi connectivity index (χ2n) is 7.73. The largest absolute Gasteiger partial charge is 0.331 e. The van der Waals surface area contributed by atoms with Crippen LogP contribution in [0.4, 0.5) is 5.69 Å². The van der Waals surface area contributed by atoms with Crippen LogP contribution in [-0.4, -0.2) is 15.5 Å². The standard InChI is InChI=1S/C27H19N3OS/c31-26(17-30-23-10-4-1-7-20(23)21-8-2-5-11-24(21)30)28-19-15-13-18(14-16-19)27-29-22-9-3-6-12-25(22)32-27/h1-16H,17H2,(H,28,31). The lowest BCUT2D eigenvalue weighted by Gasteiger charge is -2.09. The monoisotopic (exact) mass is 433 g/mol. The SMILES string of the molecule is O=C(Cn1c2ccccc2c2ccccc21)Nc1ccc(-c2nc3ccccc3s2)cc1. The Bertz CT molecular complexity index is 1510. The number of anilines is 1. The van der Waals surface area contributed by atoms with Gasteiger partial charge in [-0.25, -0.2) is 4.98 Å². The van der Waals surface area contributed by atoms with Crippen LogP contribution in [0, 0.1) is 0 Å². The predicted molar refractivity (Wildman–Crippen MR) is 133 cm³/mol. The van der Waals surface area contributed by atoms with Crippen LogP contribution in [-0.2, 0) is 11.3 Å². The first kappa shape index (κ1) is 18.8. The summed E-state index contributed by atoms with van der Waals surface area (Å²) < 4.78 is 3.25. The minimum absolute atomic E-state index is 0.0516. The van der Waals surface area contributed by atoms with Crippen molar-refractivity contribution in [1.29, 1.82) is 0 Å². The zero-order valence-corrected chi connectivity index (χ0v) is 18.0. The second kappa shape index (κ2) is 7.62. The highest BCUT2D eigenvalue weighted by molar-refractivity contribution is 7.21. The minimum atomic E-state index is -0.0516. The van der Waals surface area contributed by atoms with E-state index in [2.05, 4.69) is 40.2 Å². The van der Waals surface area contributed by atoms with E-state index in [0.717, 1.165) is 43.6 Å². The number of carbonyl (C=O) groups is 1. The summed E-state index contributed by atoms with van der Waals surface area (Å²) in [5.41, 5.74) is 4.97. The Hall–Kier alpha value is -3.96. The molecule has 6 aromatic rings. The van der Waals surface area contributed by atoms with Gasteiger partial charge >= 0.3 is 0 Å². The number of carbonyl (C=O) groups excluding carboxylic acids is 1. The molecule has 0 radical (unpaired) electrons. The molecule has 0 saturated carbocycles. The topological polar surface area (TPSA) is 46.9 Å². The van der Waals surface area contributed by atoms with Gasteiger partial charge in [0.2, 0.25) is 5.91 Å². The number of aromatic nitrogens is 2. The Morgan fingerprint density at radius 1 is 0.781 bits per heavy atom. The average Bonchev–Trinajstić information content (AvgIpc) is 3.40. The zero-order chi connectivity index (χ0) is 21.5. The fourth-order valence-corrected chi connectivity index (χ4v) is 5.18. The number of amides is 1. The smallest absolute Gasteiger partial charge is 0.244 e. The molecule has 32 heavy (non-hydrogen) atoms. The molecule has 0 unspecified atom stereocenters. The molecular formula is C27H19N3OS. The van der Waals surface area contributed by atoms with Gasteiger partial charge in [-0.05, 0) is 48.5 Å². The molecule has 5 heteroatoms. The Balaban J connectivity index is 1.25. The van der Waals surface area contributed by atoms with E-state index in [0.29, 0.717) is 0 Å². The van der Waals surface area contributed by atoms with E-state index in [1.54, 1.807) is 11.3 Å². The van der Waals surface area contributed by atoms with Gasteiger partial charge in [-0.1, -0.05) is 48.5 Å². The molecule has 0 aliphatic carbocycles. The highest BCUT2D eigenvalue weighted by Crippen LogP contribution is 2.31. The van der Waals surface area contributed by atoms with E-state index in [4.69, 9.17) is 4.98 Å². The van der Waals surface area contributed by atoms with Gasteiger partial charge in [-0.15, -0.1) is 11.3 Å². The Kier molecular flexibility index (Phi) is 4.47. The van der Waals surface area contributed by atoms with Crippen molar-refractivity contribution in [2.45, 2.75) is 6.54 Å². The van der Waals surface area contributed by atoms with Crippen LogP contribution >= 0.6 is 11.3 Å². The first-order valence-electron chi connectivity index (χ1n) is 10.5. The van der Waals surface area contributed by atoms with Gasteiger partial charge in [-0.3, -0.25) is 4.79 Å². The highest BCUT2D eigenvalue weighted by atomic mass is 32.1. The number of hydrogen-bond acceptors (Lipinski definition) is 3. The van der Waals surface area contributed by atoms with E-state index < -0.39 is 0 Å². The molecule has 6 rings (SSSR count). The lowest BCUT2D eigenvalue weighted by atomic mass is 10.2. The Labute approximate surface area is 188 Å². The summed E-state index contributed by atoms with van der Waals surface area (Å²) in [6.45, 7) is 0.258. The molecule has 0 saturated heterocycles. The molecule has 0 aliphatic heterocycles. The molecule has 0 fully saturated rings. The van der Waals surface area contributed by atoms with E-state index >= 15 is 0 Å². The fraction of sp³-hybridized carbons (Fsp3) is 0.0370. The van der Waals surface area contributed by atoms with Crippen LogP contribution < -0.4 is 5.32 Å². The summed E-state index contributed by atoms with van der Waals surface area (Å²) in [5, 5.41) is 6.35. The second-order valence-corrected chi connectivity index (χ2v) is 8.76. The molecule has 1 N–H and O–H groups in total. The number of nitrogens with zero attached hydrogens (tertiary/aromatic N) is 2. The first-order valence-corrected chi connectivity index (χ1v) is 11.3. The van der Waals surface area contributed by atoms with Crippen molar-refractivity contribution in [3.05, 3.63) is 97.1 Å². The van der Waals surface area contributed by atoms with Crippen molar-refractivity contribution < 1.29 is 4.79 Å². The molecule has 2 aromatic heterocycles. The van der Waals surface area contributed by atoms with Gasteiger partial charge in [-0.2, -0.15) is 0 Å². The molecule has 154 valence electrons. The summed E-state index contributed by atoms with van der Waals surface area (Å²) in [4.78, 5) is 17.6. The molecule has 1 amide bonds. The zero-order valence-electron chi connectivity index (χ0n) is 17.2. The molecule has 4 nitrogen and oxygen atoms in total. The number of fused-ring (bicyclic) bond motifs is 4. The number of hydrogen-bond donors (Lipinski definition) is 1. The lowest BCUT2D eigenvalue weighted by molar-refractivity contribution is -0.116. The molecular weight excluding hydrogens is 414 g/mol. The summed E-state index contributed by atoms with van der Waals surface area (Å²) in [7, 11) is 0. The molecule has 0 aliphatic rings. The Morgan fingerprint density at radius 3 is 2.09 bits per heavy atom. The summed E-state index contributed by atoms with van der Waals surface area (Å²) in [6.07, 6.45) is 0. The summed E-state index contributed by atoms with van der Waals surface area (Å²) in [6, 6.07) is 32.5. The van der Waals surface area contributed by atoms with Crippen LogP contribution in [0.3, 0.4) is 0 Å². The first-order chi connectivity index (χ1) is 15.8. The normalized spacial score (nSPS) is 11.4. The maximum Gasteiger partial charge on any atom is 0.244 e. The molecule has 0 bridgehead atoms. The quantitative estimate of drug-likeness (QED) is 0.336. The number of benzene rings is 4. The number of rotatable bonds is 4. The molecule has 2 heterocycles. The summed E-state index contributed by atoms with van der Waals surface area (Å²) in [5.74, 6) is -0.0516. The van der Waals surface area contributed by atoms with Crippen LogP contribution in [0.25, 0.3) is 42.6 Å². The van der Waals surface area contributed by atoms with Crippen molar-refractivity contribution >= 4 is 55.0 Å². The number of nitrogens with one attached hydrogen (secondary N) is 1. The minimum Gasteiger partial charge on any atom is -0.331 e. The average molecular weight is 434 g/mol. The summed E-state index contributed by atoms with van der Waals surface area (Å²) >= 11 is 1.67. The van der Waals surface area contributed by atoms with Crippen LogP contribution in [0.1, 0.15) is 0 Å². The predicted octanol–water partition coefficient (Wildman–Crippen LogP) is 6.71. The molecule has 0 atom stereocenters. The van der Waals surface area contributed by atoms with E-state index in [1.807, 2.05) is 66.7 Å². The van der Waals surface area contributed by atoms with Crippen molar-refractivity contribution in [2.24, 2.45) is 0 Å². The Morgan fingerprint density at radius 2 is 1.41 bits per heavy atom.